The second kappa shape index (κ2) is 41.7. The van der Waals surface area contributed by atoms with E-state index < -0.39 is 47.0 Å². The molecule has 5 atom stereocenters. The highest BCUT2D eigenvalue weighted by Gasteiger charge is 2.42. The number of hydrogen-bond acceptors (Lipinski definition) is 22. The number of carbonyl (C=O) groups is 5. The lowest BCUT2D eigenvalue weighted by molar-refractivity contribution is -0.170. The van der Waals surface area contributed by atoms with Crippen LogP contribution in [0.5, 0.6) is 0 Å². The van der Waals surface area contributed by atoms with Crippen molar-refractivity contribution in [3.63, 3.8) is 0 Å². The predicted molar refractivity (Wildman–Crippen MR) is 443 cm³/mol. The lowest BCUT2D eigenvalue weighted by Crippen LogP contribution is -2.39. The number of carbonyl (C=O) groups excluding carboxylic acids is 5. The van der Waals surface area contributed by atoms with E-state index in [0.717, 1.165) is 79.3 Å². The highest BCUT2D eigenvalue weighted by atomic mass is 16.6. The Hall–Kier alpha value is -13.8. The molecule has 15 aromatic heterocycles. The molecule has 5 unspecified atom stereocenters. The van der Waals surface area contributed by atoms with Gasteiger partial charge in [-0.15, -0.1) is 0 Å². The van der Waals surface area contributed by atoms with E-state index in [1.54, 1.807) is 134 Å². The molecule has 116 heavy (non-hydrogen) atoms. The summed E-state index contributed by atoms with van der Waals surface area (Å²) in [4.78, 5) is 106. The molecule has 0 radical (unpaired) electrons. The van der Waals surface area contributed by atoms with Gasteiger partial charge in [0, 0.05) is 131 Å². The number of aliphatic hydroxyl groups is 1. The summed E-state index contributed by atoms with van der Waals surface area (Å²) < 4.78 is 33.4. The Morgan fingerprint density at radius 2 is 0.853 bits per heavy atom. The molecule has 3 N–H and O–H groups in total. The zero-order valence-electron chi connectivity index (χ0n) is 66.3. The van der Waals surface area contributed by atoms with Crippen molar-refractivity contribution in [1.82, 2.24) is 78.4 Å². The fraction of sp³-hybridized carbons (Fsp3) is 0.247. The Labute approximate surface area is 671 Å². The van der Waals surface area contributed by atoms with Crippen LogP contribution in [0.15, 0.2) is 281 Å². The SMILES string of the molecule is CNCCC(c1cccnc1)n1ccc2ncccc21.COC(=O)/C(=C/c1cccnc1)C(=O)OC(C)(C)C.COC(=O)C(C(=O)OC(C)(C)C)C(c1cccnc1)n1ccc2ncccc21.COC(=O)CC(c1cccnc1)n1ccc2ncccc21.OCCC(c1cccnc1)n1ccc2ncccc21.c1cnc2cc[nH]c2c1. The number of aromatic nitrogens is 15. The number of methoxy groups -OCH3 is 3. The number of aliphatic hydroxyl groups excluding tert-OH is 1. The Morgan fingerprint density at radius 1 is 0.440 bits per heavy atom. The molecule has 0 aliphatic carbocycles. The largest absolute Gasteiger partial charge is 0.469 e. The van der Waals surface area contributed by atoms with Crippen molar-refractivity contribution < 1.29 is 52.8 Å². The minimum atomic E-state index is -1.20. The van der Waals surface area contributed by atoms with Gasteiger partial charge in [-0.3, -0.25) is 64.2 Å². The van der Waals surface area contributed by atoms with Crippen molar-refractivity contribution >= 4 is 91.1 Å². The predicted octanol–water partition coefficient (Wildman–Crippen LogP) is 14.3. The van der Waals surface area contributed by atoms with Gasteiger partial charge in [-0.05, 0) is 223 Å². The Bertz CT molecular complexity index is 5600. The van der Waals surface area contributed by atoms with Gasteiger partial charge in [-0.2, -0.15) is 0 Å². The van der Waals surface area contributed by atoms with Gasteiger partial charge < -0.3 is 57.4 Å². The topological polar surface area (TPSA) is 328 Å². The smallest absolute Gasteiger partial charge is 0.346 e. The van der Waals surface area contributed by atoms with Crippen LogP contribution in [0, 0.1) is 5.92 Å². The van der Waals surface area contributed by atoms with Gasteiger partial charge in [0.1, 0.15) is 16.8 Å². The lowest BCUT2D eigenvalue weighted by atomic mass is 9.93. The van der Waals surface area contributed by atoms with Crippen LogP contribution in [0.25, 0.3) is 61.2 Å². The first kappa shape index (κ1) is 84.7. The first-order valence-electron chi connectivity index (χ1n) is 37.4. The van der Waals surface area contributed by atoms with Crippen molar-refractivity contribution in [2.24, 2.45) is 5.92 Å². The van der Waals surface area contributed by atoms with Crippen LogP contribution in [0.3, 0.4) is 0 Å². The summed E-state index contributed by atoms with van der Waals surface area (Å²) in [7, 11) is 5.85. The fourth-order valence-corrected chi connectivity index (χ4v) is 12.7. The Balaban J connectivity index is 0.000000150. The molecule has 0 spiro atoms. The number of aromatic amines is 1. The number of fused-ring (bicyclic) bond motifs is 5. The van der Waals surface area contributed by atoms with Crippen molar-refractivity contribution in [1.29, 1.82) is 0 Å². The second-order valence-corrected chi connectivity index (χ2v) is 28.1. The first-order valence-corrected chi connectivity index (χ1v) is 37.4. The molecule has 0 saturated carbocycles. The summed E-state index contributed by atoms with van der Waals surface area (Å²) in [5.74, 6) is -4.24. The van der Waals surface area contributed by atoms with Crippen molar-refractivity contribution in [3.8, 4) is 0 Å². The molecule has 0 amide bonds. The van der Waals surface area contributed by atoms with Gasteiger partial charge in [-0.25, -0.2) is 9.59 Å². The molecule has 27 heteroatoms. The van der Waals surface area contributed by atoms with E-state index in [9.17, 15) is 29.1 Å². The summed E-state index contributed by atoms with van der Waals surface area (Å²) in [6.45, 7) is 11.5. The summed E-state index contributed by atoms with van der Waals surface area (Å²) in [6.07, 6.45) is 39.2. The maximum Gasteiger partial charge on any atom is 0.346 e. The number of hydrogen-bond donors (Lipinski definition) is 3. The highest BCUT2D eigenvalue weighted by Crippen LogP contribution is 2.35. The van der Waals surface area contributed by atoms with E-state index >= 15 is 0 Å². The molecule has 0 aliphatic rings. The summed E-state index contributed by atoms with van der Waals surface area (Å²) >= 11 is 0. The molecule has 0 fully saturated rings. The molecular weight excluding hydrogens is 1470 g/mol. The third kappa shape index (κ3) is 23.2. The number of pyridine rings is 10. The third-order valence-electron chi connectivity index (χ3n) is 17.9. The molecule has 15 aromatic rings. The lowest BCUT2D eigenvalue weighted by Gasteiger charge is -2.29. The monoisotopic (exact) mass is 1560 g/mol. The molecule has 596 valence electrons. The third-order valence-corrected chi connectivity index (χ3v) is 17.9. The van der Waals surface area contributed by atoms with Crippen LogP contribution in [-0.2, 0) is 47.7 Å². The Morgan fingerprint density at radius 3 is 1.27 bits per heavy atom. The van der Waals surface area contributed by atoms with Crippen LogP contribution < -0.4 is 5.32 Å². The molecule has 0 aliphatic heterocycles. The number of nitrogens with one attached hydrogen (secondary N) is 2. The van der Waals surface area contributed by atoms with Gasteiger partial charge in [0.25, 0.3) is 0 Å². The number of nitrogens with zero attached hydrogens (tertiary/aromatic N) is 14. The van der Waals surface area contributed by atoms with Crippen LogP contribution in [0.1, 0.15) is 113 Å². The molecular formula is C89H94N16O11. The summed E-state index contributed by atoms with van der Waals surface area (Å²) in [5, 5.41) is 12.5. The van der Waals surface area contributed by atoms with E-state index in [1.807, 2.05) is 169 Å². The molecule has 15 heterocycles. The maximum atomic E-state index is 13.0. The minimum Gasteiger partial charge on any atom is -0.469 e. The minimum absolute atomic E-state index is 0.0837. The average molecular weight is 1560 g/mol. The number of ether oxygens (including phenoxy) is 5. The van der Waals surface area contributed by atoms with Gasteiger partial charge in [0.2, 0.25) is 0 Å². The second-order valence-electron chi connectivity index (χ2n) is 28.1. The molecule has 27 nitrogen and oxygen atoms in total. The van der Waals surface area contributed by atoms with Crippen LogP contribution in [0.2, 0.25) is 0 Å². The summed E-state index contributed by atoms with van der Waals surface area (Å²) in [6, 6.07) is 47.8. The van der Waals surface area contributed by atoms with E-state index in [-0.39, 0.29) is 42.7 Å². The summed E-state index contributed by atoms with van der Waals surface area (Å²) in [5.41, 5.74) is 12.8. The Kier molecular flexibility index (Phi) is 30.4. The van der Waals surface area contributed by atoms with Crippen molar-refractivity contribution in [2.75, 3.05) is 41.5 Å². The molecule has 15 rings (SSSR count). The fourth-order valence-electron chi connectivity index (χ4n) is 12.7. The van der Waals surface area contributed by atoms with Gasteiger partial charge in [-0.1, -0.05) is 30.3 Å². The van der Waals surface area contributed by atoms with Gasteiger partial charge in [0.05, 0.1) is 107 Å². The van der Waals surface area contributed by atoms with Crippen LogP contribution >= 0.6 is 0 Å². The van der Waals surface area contributed by atoms with E-state index in [1.165, 1.54) is 39.2 Å². The average Bonchev–Trinajstić information content (AvgIpc) is 1.55. The van der Waals surface area contributed by atoms with Gasteiger partial charge in [0.15, 0.2) is 5.92 Å². The standard InChI is InChI=1S/C21H23N3O4.C16H18N4.C16H15N3O2.C15H15N3O.C14H17NO4.C7H6N2/c1-21(2,3)28-20(26)17(19(25)27-4)18(14-7-5-10-22-13-14)24-12-9-15-16(24)8-6-11-23-15;1-17-10-6-15(13-4-2-8-18-12-13)20-11-7-14-16(20)5-3-9-19-14;1-21-16(20)10-15(12-4-2-7-17-11-12)19-9-6-13-14(19)5-3-8-18-13;19-10-6-14(12-3-1-7-16-11-12)18-9-5-13-15(18)4-2-8-17-13;1-14(2,3)19-13(17)11(12(16)18-4)8-10-6-5-7-15-9-10;1-2-6-7(8-4-1)3-5-9-6/h5-13,17-18H,1-4H3;2-5,7-9,11-12,15,17H,6,10H2,1H3;2-9,11,15H,10H2,1H3;1-5,7-9,11,14,19H,6,10H2;5-9H,1-4H3;1-5,9H/b;;;;11-8-;. The van der Waals surface area contributed by atoms with Crippen molar-refractivity contribution in [3.05, 3.63) is 309 Å². The number of rotatable bonds is 21. The van der Waals surface area contributed by atoms with E-state index in [4.69, 9.17) is 18.9 Å². The maximum absolute atomic E-state index is 13.0. The normalized spacial score (nSPS) is 12.5. The highest BCUT2D eigenvalue weighted by molar-refractivity contribution is 6.17. The van der Waals surface area contributed by atoms with Crippen molar-refractivity contribution in [2.45, 2.75) is 96.2 Å². The van der Waals surface area contributed by atoms with Crippen LogP contribution in [0.4, 0.5) is 0 Å². The van der Waals surface area contributed by atoms with E-state index in [0.29, 0.717) is 17.5 Å². The number of H-pyrrole nitrogens is 1. The molecule has 0 saturated heterocycles. The van der Waals surface area contributed by atoms with Crippen LogP contribution in [-0.4, -0.2) is 161 Å². The quantitative estimate of drug-likeness (QED) is 0.0198. The first-order chi connectivity index (χ1) is 56.2. The van der Waals surface area contributed by atoms with Gasteiger partial charge >= 0.3 is 29.8 Å². The zero-order chi connectivity index (χ0) is 82.4. The van der Waals surface area contributed by atoms with E-state index in [2.05, 4.69) is 98.4 Å². The number of esters is 5. The molecule has 0 aromatic carbocycles. The zero-order valence-corrected chi connectivity index (χ0v) is 66.3. The molecule has 0 bridgehead atoms.